The molecule has 2 aromatic rings. The van der Waals surface area contributed by atoms with Crippen LogP contribution in [0.25, 0.3) is 11.5 Å². The largest absolute Gasteiger partial charge is 0.441 e. The Hall–Kier alpha value is -2.25. The van der Waals surface area contributed by atoms with Crippen molar-refractivity contribution in [2.75, 3.05) is 39.3 Å². The molecule has 3 heterocycles. The summed E-state index contributed by atoms with van der Waals surface area (Å²) >= 11 is 0. The highest BCUT2D eigenvalue weighted by Crippen LogP contribution is 2.26. The van der Waals surface area contributed by atoms with Crippen molar-refractivity contribution in [2.24, 2.45) is 5.92 Å². The maximum Gasteiger partial charge on any atom is 0.229 e. The topological polar surface area (TPSA) is 61.6 Å². The number of hydrogen-bond donors (Lipinski definition) is 1. The first kappa shape index (κ1) is 21.0. The number of carbonyl (C=O) groups is 1. The normalized spacial score (nSPS) is 18.7. The number of aromatic nitrogens is 1. The lowest BCUT2D eigenvalue weighted by molar-refractivity contribution is -0.126. The third kappa shape index (κ3) is 5.08. The van der Waals surface area contributed by atoms with Gasteiger partial charge in [-0.1, -0.05) is 12.1 Å². The molecule has 1 aromatic heterocycles. The van der Waals surface area contributed by atoms with E-state index in [0.29, 0.717) is 18.0 Å². The second kappa shape index (κ2) is 9.71. The van der Waals surface area contributed by atoms with Gasteiger partial charge < -0.3 is 14.6 Å². The summed E-state index contributed by atoms with van der Waals surface area (Å²) in [5, 5.41) is 3.12. The van der Waals surface area contributed by atoms with Gasteiger partial charge in [0.2, 0.25) is 11.8 Å². The van der Waals surface area contributed by atoms with Crippen molar-refractivity contribution >= 4 is 5.91 Å². The lowest BCUT2D eigenvalue weighted by atomic mass is 9.96. The van der Waals surface area contributed by atoms with Crippen LogP contribution in [0.5, 0.6) is 0 Å². The number of piperidine rings is 1. The van der Waals surface area contributed by atoms with Gasteiger partial charge in [-0.25, -0.2) is 9.37 Å². The molecule has 2 saturated heterocycles. The zero-order chi connectivity index (χ0) is 20.9. The highest BCUT2D eigenvalue weighted by molar-refractivity contribution is 5.78. The number of oxazole rings is 1. The van der Waals surface area contributed by atoms with Gasteiger partial charge in [-0.3, -0.25) is 9.69 Å². The minimum absolute atomic E-state index is 0.0900. The van der Waals surface area contributed by atoms with Gasteiger partial charge >= 0.3 is 0 Å². The molecular weight excluding hydrogens is 383 g/mol. The van der Waals surface area contributed by atoms with Gasteiger partial charge in [-0.2, -0.15) is 0 Å². The van der Waals surface area contributed by atoms with Gasteiger partial charge in [0, 0.05) is 25.6 Å². The van der Waals surface area contributed by atoms with Crippen LogP contribution in [0.1, 0.15) is 37.1 Å². The summed E-state index contributed by atoms with van der Waals surface area (Å²) in [6.45, 7) is 8.26. The Bertz CT molecular complexity index is 855. The monoisotopic (exact) mass is 414 g/mol. The van der Waals surface area contributed by atoms with Crippen LogP contribution in [0.3, 0.4) is 0 Å². The minimum atomic E-state index is -0.332. The van der Waals surface area contributed by atoms with Gasteiger partial charge in [0.05, 0.1) is 11.3 Å². The van der Waals surface area contributed by atoms with Crippen LogP contribution in [0.2, 0.25) is 0 Å². The van der Waals surface area contributed by atoms with E-state index in [9.17, 15) is 9.18 Å². The molecule has 2 aliphatic rings. The molecule has 0 aliphatic carbocycles. The molecule has 0 atom stereocenters. The van der Waals surface area contributed by atoms with Crippen molar-refractivity contribution in [1.82, 2.24) is 20.1 Å². The van der Waals surface area contributed by atoms with E-state index >= 15 is 0 Å². The Morgan fingerprint density at radius 3 is 2.63 bits per heavy atom. The number of nitrogens with one attached hydrogen (secondary N) is 1. The Morgan fingerprint density at radius 2 is 1.90 bits per heavy atom. The van der Waals surface area contributed by atoms with Crippen LogP contribution in [0, 0.1) is 18.7 Å². The highest BCUT2D eigenvalue weighted by atomic mass is 19.1. The fourth-order valence-electron chi connectivity index (χ4n) is 4.38. The number of likely N-dealkylation sites (tertiary alicyclic amines) is 2. The van der Waals surface area contributed by atoms with Crippen molar-refractivity contribution in [1.29, 1.82) is 0 Å². The fourth-order valence-corrected chi connectivity index (χ4v) is 4.38. The van der Waals surface area contributed by atoms with E-state index in [2.05, 4.69) is 20.1 Å². The second-order valence-corrected chi connectivity index (χ2v) is 8.39. The van der Waals surface area contributed by atoms with E-state index in [1.165, 1.54) is 18.9 Å². The van der Waals surface area contributed by atoms with Crippen molar-refractivity contribution in [3.8, 4) is 11.5 Å². The number of halogens is 1. The van der Waals surface area contributed by atoms with Crippen LogP contribution >= 0.6 is 0 Å². The molecule has 1 amide bonds. The summed E-state index contributed by atoms with van der Waals surface area (Å²) in [6, 6.07) is 6.52. The number of amides is 1. The molecule has 6 nitrogen and oxygen atoms in total. The summed E-state index contributed by atoms with van der Waals surface area (Å²) in [7, 11) is 0. The molecule has 7 heteroatoms. The Kier molecular flexibility index (Phi) is 6.79. The van der Waals surface area contributed by atoms with Gasteiger partial charge in [-0.15, -0.1) is 0 Å². The molecule has 30 heavy (non-hydrogen) atoms. The molecule has 4 rings (SSSR count). The molecule has 2 aliphatic heterocycles. The number of carbonyl (C=O) groups excluding carboxylic acids is 1. The van der Waals surface area contributed by atoms with Crippen LogP contribution in [-0.2, 0) is 11.3 Å². The van der Waals surface area contributed by atoms with Crippen LogP contribution < -0.4 is 5.32 Å². The molecule has 1 N–H and O–H groups in total. The Balaban J connectivity index is 1.25. The second-order valence-electron chi connectivity index (χ2n) is 8.39. The summed E-state index contributed by atoms with van der Waals surface area (Å²) in [6.07, 6.45) is 4.26. The summed E-state index contributed by atoms with van der Waals surface area (Å²) in [5.74, 6) is 0.991. The van der Waals surface area contributed by atoms with Crippen molar-refractivity contribution in [3.63, 3.8) is 0 Å². The van der Waals surface area contributed by atoms with E-state index in [4.69, 9.17) is 4.42 Å². The molecule has 0 unspecified atom stereocenters. The predicted molar refractivity (Wildman–Crippen MR) is 113 cm³/mol. The van der Waals surface area contributed by atoms with Gasteiger partial charge in [0.15, 0.2) is 0 Å². The summed E-state index contributed by atoms with van der Waals surface area (Å²) in [4.78, 5) is 21.7. The van der Waals surface area contributed by atoms with E-state index in [1.807, 2.05) is 6.92 Å². The number of nitrogens with zero attached hydrogens (tertiary/aromatic N) is 3. The lowest BCUT2D eigenvalue weighted by Gasteiger charge is -2.30. The zero-order valence-electron chi connectivity index (χ0n) is 17.7. The Labute approximate surface area is 177 Å². The SMILES string of the molecule is Cc1oc(-c2ccccc2F)nc1CN1CCC(C(=O)NCCN2CCCC2)CC1. The standard InChI is InChI=1S/C23H31FN4O2/c1-17-21(26-23(30-17)19-6-2-3-7-20(19)24)16-28-13-8-18(9-14-28)22(29)25-10-15-27-11-4-5-12-27/h2-3,6-7,18H,4-5,8-16H2,1H3,(H,25,29). The summed E-state index contributed by atoms with van der Waals surface area (Å²) < 4.78 is 19.7. The first-order valence-electron chi connectivity index (χ1n) is 11.0. The van der Waals surface area contributed by atoms with Gasteiger partial charge in [-0.05, 0) is 70.9 Å². The molecule has 0 saturated carbocycles. The van der Waals surface area contributed by atoms with Gasteiger partial charge in [0.1, 0.15) is 11.6 Å². The lowest BCUT2D eigenvalue weighted by Crippen LogP contribution is -2.42. The van der Waals surface area contributed by atoms with Crippen LogP contribution in [0.15, 0.2) is 28.7 Å². The predicted octanol–water partition coefficient (Wildman–Crippen LogP) is 3.21. The fraction of sp³-hybridized carbons (Fsp3) is 0.565. The molecule has 162 valence electrons. The third-order valence-electron chi connectivity index (χ3n) is 6.25. The minimum Gasteiger partial charge on any atom is -0.441 e. The number of hydrogen-bond acceptors (Lipinski definition) is 5. The van der Waals surface area contributed by atoms with E-state index in [1.54, 1.807) is 18.2 Å². The maximum atomic E-state index is 14.0. The number of benzene rings is 1. The molecule has 0 bridgehead atoms. The van der Waals surface area contributed by atoms with Gasteiger partial charge in [0.25, 0.3) is 0 Å². The smallest absolute Gasteiger partial charge is 0.229 e. The van der Waals surface area contributed by atoms with E-state index < -0.39 is 0 Å². The first-order chi connectivity index (χ1) is 14.6. The zero-order valence-corrected chi connectivity index (χ0v) is 17.7. The van der Waals surface area contributed by atoms with Crippen molar-refractivity contribution in [3.05, 3.63) is 41.5 Å². The quantitative estimate of drug-likeness (QED) is 0.754. The molecular formula is C23H31FN4O2. The number of rotatable bonds is 7. The molecule has 0 spiro atoms. The van der Waals surface area contributed by atoms with Crippen molar-refractivity contribution in [2.45, 2.75) is 39.2 Å². The Morgan fingerprint density at radius 1 is 1.17 bits per heavy atom. The van der Waals surface area contributed by atoms with Crippen molar-refractivity contribution < 1.29 is 13.6 Å². The number of aryl methyl sites for hydroxylation is 1. The summed E-state index contributed by atoms with van der Waals surface area (Å²) in [5.41, 5.74) is 1.22. The van der Waals surface area contributed by atoms with Crippen LogP contribution in [0.4, 0.5) is 4.39 Å². The van der Waals surface area contributed by atoms with Crippen LogP contribution in [-0.4, -0.2) is 60.0 Å². The average Bonchev–Trinajstić information content (AvgIpc) is 3.39. The first-order valence-corrected chi connectivity index (χ1v) is 11.0. The maximum absolute atomic E-state index is 14.0. The average molecular weight is 415 g/mol. The van der Waals surface area contributed by atoms with E-state index in [0.717, 1.165) is 63.6 Å². The molecule has 0 radical (unpaired) electrons. The molecule has 1 aromatic carbocycles. The van der Waals surface area contributed by atoms with E-state index in [-0.39, 0.29) is 17.6 Å². The third-order valence-corrected chi connectivity index (χ3v) is 6.25. The highest BCUT2D eigenvalue weighted by Gasteiger charge is 2.26. The molecule has 2 fully saturated rings.